The van der Waals surface area contributed by atoms with Gasteiger partial charge in [0.2, 0.25) is 17.3 Å². The smallest absolute Gasteiger partial charge is 0.207 e. The van der Waals surface area contributed by atoms with E-state index in [1.54, 1.807) is 0 Å². The fourth-order valence-electron chi connectivity index (χ4n) is 1.66. The first-order valence-electron chi connectivity index (χ1n) is 6.39. The van der Waals surface area contributed by atoms with Gasteiger partial charge in [0.1, 0.15) is 13.2 Å². The number of halogens is 2. The molecule has 0 fully saturated rings. The molecule has 8 heteroatoms. The Labute approximate surface area is 126 Å². The Kier molecular flexibility index (Phi) is 7.55. The van der Waals surface area contributed by atoms with Gasteiger partial charge >= 0.3 is 0 Å². The van der Waals surface area contributed by atoms with Crippen LogP contribution in [0.1, 0.15) is 10.4 Å². The molecule has 0 amide bonds. The molecule has 0 heterocycles. The van der Waals surface area contributed by atoms with Gasteiger partial charge in [0, 0.05) is 14.2 Å². The molecule has 6 nitrogen and oxygen atoms in total. The van der Waals surface area contributed by atoms with Crippen molar-refractivity contribution >= 4 is 6.29 Å². The number of rotatable bonds is 10. The highest BCUT2D eigenvalue weighted by molar-refractivity contribution is 5.83. The highest BCUT2D eigenvalue weighted by Gasteiger charge is 2.28. The largest absolute Gasteiger partial charge is 0.492 e. The fourth-order valence-corrected chi connectivity index (χ4v) is 1.66. The average Bonchev–Trinajstić information content (AvgIpc) is 2.53. The Morgan fingerprint density at radius 1 is 0.818 bits per heavy atom. The second-order valence-corrected chi connectivity index (χ2v) is 4.03. The molecule has 0 N–H and O–H groups in total. The van der Waals surface area contributed by atoms with Crippen LogP contribution in [0.25, 0.3) is 0 Å². The zero-order valence-corrected chi connectivity index (χ0v) is 12.6. The van der Waals surface area contributed by atoms with Crippen molar-refractivity contribution in [1.29, 1.82) is 0 Å². The summed E-state index contributed by atoms with van der Waals surface area (Å²) >= 11 is 0. The minimum atomic E-state index is -1.36. The molecule has 0 aliphatic carbocycles. The molecule has 0 spiro atoms. The first-order chi connectivity index (χ1) is 10.6. The van der Waals surface area contributed by atoms with Crippen LogP contribution < -0.4 is 14.2 Å². The maximum absolute atomic E-state index is 14.1. The highest BCUT2D eigenvalue weighted by Crippen LogP contribution is 2.43. The Balaban J connectivity index is 3.29. The summed E-state index contributed by atoms with van der Waals surface area (Å²) in [6, 6.07) is 0. The molecule has 0 bridgehead atoms. The molecule has 0 saturated carbocycles. The normalized spacial score (nSPS) is 10.4. The van der Waals surface area contributed by atoms with Gasteiger partial charge < -0.3 is 23.7 Å². The Bertz CT molecular complexity index is 507. The van der Waals surface area contributed by atoms with Gasteiger partial charge in [-0.2, -0.15) is 4.39 Å². The second-order valence-electron chi connectivity index (χ2n) is 4.03. The van der Waals surface area contributed by atoms with Crippen molar-refractivity contribution in [2.75, 3.05) is 47.8 Å². The lowest BCUT2D eigenvalue weighted by Gasteiger charge is -2.18. The third kappa shape index (κ3) is 4.05. The molecule has 22 heavy (non-hydrogen) atoms. The zero-order chi connectivity index (χ0) is 16.5. The Morgan fingerprint density at radius 2 is 1.36 bits per heavy atom. The van der Waals surface area contributed by atoms with E-state index in [1.165, 1.54) is 21.3 Å². The minimum absolute atomic E-state index is 0.0307. The summed E-state index contributed by atoms with van der Waals surface area (Å²) < 4.78 is 53.1. The van der Waals surface area contributed by atoms with E-state index >= 15 is 0 Å². The summed E-state index contributed by atoms with van der Waals surface area (Å²) in [5.74, 6) is -3.60. The molecule has 1 rings (SSSR count). The third-order valence-electron chi connectivity index (χ3n) is 2.68. The van der Waals surface area contributed by atoms with Crippen LogP contribution in [0.15, 0.2) is 0 Å². The van der Waals surface area contributed by atoms with E-state index in [9.17, 15) is 13.6 Å². The fraction of sp³-hybridized carbons (Fsp3) is 0.500. The Hall–Kier alpha value is -1.93. The number of methoxy groups -OCH3 is 3. The number of benzene rings is 1. The van der Waals surface area contributed by atoms with Crippen LogP contribution in [0, 0.1) is 11.6 Å². The van der Waals surface area contributed by atoms with Gasteiger partial charge in [-0.15, -0.1) is 0 Å². The van der Waals surface area contributed by atoms with E-state index in [4.69, 9.17) is 23.7 Å². The van der Waals surface area contributed by atoms with E-state index in [0.29, 0.717) is 0 Å². The number of hydrogen-bond acceptors (Lipinski definition) is 6. The summed E-state index contributed by atoms with van der Waals surface area (Å²) in [5.41, 5.74) is -0.577. The molecule has 0 aliphatic heterocycles. The minimum Gasteiger partial charge on any atom is -0.492 e. The monoisotopic (exact) mass is 320 g/mol. The quantitative estimate of drug-likeness (QED) is 0.484. The van der Waals surface area contributed by atoms with E-state index in [0.717, 1.165) is 0 Å². The zero-order valence-electron chi connectivity index (χ0n) is 12.6. The molecule has 0 radical (unpaired) electrons. The predicted octanol–water partition coefficient (Wildman–Crippen LogP) is 1.84. The summed E-state index contributed by atoms with van der Waals surface area (Å²) in [5, 5.41) is 0. The van der Waals surface area contributed by atoms with Gasteiger partial charge in [0.25, 0.3) is 0 Å². The van der Waals surface area contributed by atoms with Gasteiger partial charge in [0.15, 0.2) is 17.9 Å². The SMILES string of the molecule is COCCOc1c(F)c(F)c(C=O)c(OC)c1OCCOC. The molecule has 1 aromatic carbocycles. The van der Waals surface area contributed by atoms with Crippen LogP contribution in [0.2, 0.25) is 0 Å². The van der Waals surface area contributed by atoms with Crippen molar-refractivity contribution in [3.63, 3.8) is 0 Å². The first-order valence-corrected chi connectivity index (χ1v) is 6.39. The lowest BCUT2D eigenvalue weighted by atomic mass is 10.1. The van der Waals surface area contributed by atoms with Crippen molar-refractivity contribution in [2.24, 2.45) is 0 Å². The lowest BCUT2D eigenvalue weighted by Crippen LogP contribution is -2.13. The van der Waals surface area contributed by atoms with Crippen LogP contribution in [-0.2, 0) is 9.47 Å². The number of carbonyl (C=O) groups excluding carboxylic acids is 1. The molecule has 1 aromatic rings. The van der Waals surface area contributed by atoms with Crippen molar-refractivity contribution < 1.29 is 37.3 Å². The lowest BCUT2D eigenvalue weighted by molar-refractivity contribution is 0.110. The topological polar surface area (TPSA) is 63.2 Å². The maximum Gasteiger partial charge on any atom is 0.207 e. The average molecular weight is 320 g/mol. The number of carbonyl (C=O) groups is 1. The molecule has 124 valence electrons. The third-order valence-corrected chi connectivity index (χ3v) is 2.68. The van der Waals surface area contributed by atoms with Crippen molar-refractivity contribution in [1.82, 2.24) is 0 Å². The standard InChI is InChI=1S/C14H18F2O6/c1-18-4-6-21-13-11(16)10(15)9(8-17)12(20-3)14(13)22-7-5-19-2/h8H,4-7H2,1-3H3. The van der Waals surface area contributed by atoms with Crippen LogP contribution >= 0.6 is 0 Å². The van der Waals surface area contributed by atoms with E-state index < -0.39 is 22.9 Å². The molecular formula is C14H18F2O6. The van der Waals surface area contributed by atoms with E-state index in [-0.39, 0.29) is 44.2 Å². The van der Waals surface area contributed by atoms with E-state index in [1.807, 2.05) is 0 Å². The van der Waals surface area contributed by atoms with Gasteiger partial charge in [0.05, 0.1) is 25.9 Å². The molecule has 0 atom stereocenters. The number of aldehydes is 1. The summed E-state index contributed by atoms with van der Waals surface area (Å²) in [4.78, 5) is 11.0. The summed E-state index contributed by atoms with van der Waals surface area (Å²) in [6.07, 6.45) is 0.152. The van der Waals surface area contributed by atoms with Gasteiger partial charge in [-0.05, 0) is 0 Å². The van der Waals surface area contributed by atoms with Crippen LogP contribution in [0.5, 0.6) is 17.2 Å². The Morgan fingerprint density at radius 3 is 1.82 bits per heavy atom. The van der Waals surface area contributed by atoms with E-state index in [2.05, 4.69) is 0 Å². The van der Waals surface area contributed by atoms with Crippen molar-refractivity contribution in [2.45, 2.75) is 0 Å². The molecule has 0 aromatic heterocycles. The number of ether oxygens (including phenoxy) is 5. The predicted molar refractivity (Wildman–Crippen MR) is 73.0 cm³/mol. The van der Waals surface area contributed by atoms with Crippen LogP contribution in [-0.4, -0.2) is 54.0 Å². The highest BCUT2D eigenvalue weighted by atomic mass is 19.2. The molecule has 0 aliphatic rings. The number of hydrogen-bond donors (Lipinski definition) is 0. The van der Waals surface area contributed by atoms with Crippen LogP contribution in [0.3, 0.4) is 0 Å². The summed E-state index contributed by atoms with van der Waals surface area (Å²) in [6.45, 7) is 0.375. The first kappa shape index (κ1) is 18.1. The van der Waals surface area contributed by atoms with Gasteiger partial charge in [-0.25, -0.2) is 4.39 Å². The molecule has 0 saturated heterocycles. The molecule has 0 unspecified atom stereocenters. The molecular weight excluding hydrogens is 302 g/mol. The summed E-state index contributed by atoms with van der Waals surface area (Å²) in [7, 11) is 4.10. The van der Waals surface area contributed by atoms with Crippen LogP contribution in [0.4, 0.5) is 8.78 Å². The maximum atomic E-state index is 14.1. The van der Waals surface area contributed by atoms with Crippen molar-refractivity contribution in [3.8, 4) is 17.2 Å². The van der Waals surface area contributed by atoms with Gasteiger partial charge in [-0.1, -0.05) is 0 Å². The van der Waals surface area contributed by atoms with Gasteiger partial charge in [-0.3, -0.25) is 4.79 Å². The second kappa shape index (κ2) is 9.16. The van der Waals surface area contributed by atoms with Crippen molar-refractivity contribution in [3.05, 3.63) is 17.2 Å².